The van der Waals surface area contributed by atoms with Gasteiger partial charge in [0.25, 0.3) is 0 Å². The molecule has 172 valence electrons. The molecule has 3 rings (SSSR count). The van der Waals surface area contributed by atoms with Crippen molar-refractivity contribution in [3.05, 3.63) is 58.5 Å². The number of nitrogens with zero attached hydrogens (tertiary/aromatic N) is 1. The third-order valence-corrected chi connectivity index (χ3v) is 5.12. The minimum Gasteiger partial charge on any atom is -0.463 e. The monoisotopic (exact) mass is 463 g/mol. The van der Waals surface area contributed by atoms with Crippen LogP contribution in [-0.2, 0) is 14.3 Å². The Morgan fingerprint density at radius 1 is 0.938 bits per heavy atom. The highest BCUT2D eigenvalue weighted by molar-refractivity contribution is 6.28. The molecule has 1 aromatic carbocycles. The first-order valence-corrected chi connectivity index (χ1v) is 10.3. The molecule has 0 unspecified atom stereocenters. The Bertz CT molecular complexity index is 941. The van der Waals surface area contributed by atoms with Crippen molar-refractivity contribution in [1.29, 1.82) is 0 Å². The maximum Gasteiger partial charge on any atom is 0.313 e. The molecule has 0 aliphatic heterocycles. The Hall–Kier alpha value is -2.81. The van der Waals surface area contributed by atoms with Gasteiger partial charge in [-0.05, 0) is 19.2 Å². The van der Waals surface area contributed by atoms with Gasteiger partial charge in [0.15, 0.2) is 17.3 Å². The summed E-state index contributed by atoms with van der Waals surface area (Å²) in [5, 5.41) is 0. The Kier molecular flexibility index (Phi) is 9.31. The fourth-order valence-corrected chi connectivity index (χ4v) is 3.33. The summed E-state index contributed by atoms with van der Waals surface area (Å²) in [6, 6.07) is 7.60. The molecule has 32 heavy (non-hydrogen) atoms. The third kappa shape index (κ3) is 5.70. The Balaban J connectivity index is 0.00000363. The Morgan fingerprint density at radius 2 is 1.59 bits per heavy atom. The number of hydrogen-bond donors (Lipinski definition) is 0. The van der Waals surface area contributed by atoms with Crippen LogP contribution in [-0.4, -0.2) is 67.7 Å². The molecule has 0 radical (unpaired) electrons. The van der Waals surface area contributed by atoms with E-state index in [1.54, 1.807) is 18.2 Å². The fourth-order valence-electron chi connectivity index (χ4n) is 3.33. The maximum atomic E-state index is 12.6. The number of likely N-dealkylation sites (N-methyl/N-ethyl adjacent to an activating group) is 1. The lowest BCUT2D eigenvalue weighted by Crippen LogP contribution is -2.27. The van der Waals surface area contributed by atoms with Crippen molar-refractivity contribution in [2.75, 3.05) is 39.5 Å². The highest BCUT2D eigenvalue weighted by atomic mass is 35.5. The summed E-state index contributed by atoms with van der Waals surface area (Å²) in [6.07, 6.45) is -0.554. The summed E-state index contributed by atoms with van der Waals surface area (Å²) in [5.41, 5.74) is 0.524. The number of ketones is 3. The number of rotatable bonds is 11. The van der Waals surface area contributed by atoms with Gasteiger partial charge in [0, 0.05) is 17.7 Å². The van der Waals surface area contributed by atoms with E-state index in [1.165, 1.54) is 12.1 Å². The number of ether oxygens (including phenoxy) is 2. The van der Waals surface area contributed by atoms with E-state index in [0.29, 0.717) is 6.61 Å². The van der Waals surface area contributed by atoms with Gasteiger partial charge in [-0.3, -0.25) is 19.2 Å². The summed E-state index contributed by atoms with van der Waals surface area (Å²) in [6.45, 7) is 7.62. The number of Topliss-reactive ketones (excluding diaryl/α,β-unsaturated/α-hetero) is 1. The van der Waals surface area contributed by atoms with Gasteiger partial charge in [0.1, 0.15) is 13.0 Å². The number of benzene rings is 1. The van der Waals surface area contributed by atoms with Crippen LogP contribution in [0, 0.1) is 0 Å². The fraction of sp³-hybridized carbons (Fsp3) is 0.391. The van der Waals surface area contributed by atoms with E-state index in [2.05, 4.69) is 18.7 Å². The van der Waals surface area contributed by atoms with Crippen molar-refractivity contribution >= 4 is 35.7 Å². The molecule has 0 bridgehead atoms. The number of carbonyl (C=O) groups excluding carboxylic acids is 4. The highest BCUT2D eigenvalue weighted by Crippen LogP contribution is 2.30. The normalized spacial score (nSPS) is 12.2. The van der Waals surface area contributed by atoms with Gasteiger partial charge in [-0.1, -0.05) is 38.1 Å². The standard InChI is InChI=1S/C23H25NO7.ClH/c1-3-24(4-2)9-10-29-11-12-30-20(26)14-18(25)19-13-17-21(27)15-7-5-6-8-16(15)22(28)23(17)31-19;/h5-8,13H,3-4,9-12,14H2,1-2H3;1H. The van der Waals surface area contributed by atoms with Crippen LogP contribution in [0.15, 0.2) is 34.7 Å². The first-order valence-electron chi connectivity index (χ1n) is 10.3. The van der Waals surface area contributed by atoms with Crippen molar-refractivity contribution < 1.29 is 33.1 Å². The Morgan fingerprint density at radius 3 is 2.25 bits per heavy atom. The number of fused-ring (bicyclic) bond motifs is 2. The third-order valence-electron chi connectivity index (χ3n) is 5.12. The second-order valence-corrected chi connectivity index (χ2v) is 7.02. The van der Waals surface area contributed by atoms with Crippen molar-refractivity contribution in [3.63, 3.8) is 0 Å². The van der Waals surface area contributed by atoms with Gasteiger partial charge < -0.3 is 18.8 Å². The molecule has 1 heterocycles. The lowest BCUT2D eigenvalue weighted by molar-refractivity contribution is -0.144. The average Bonchev–Trinajstić information content (AvgIpc) is 3.23. The van der Waals surface area contributed by atoms with Gasteiger partial charge in [-0.25, -0.2) is 0 Å². The van der Waals surface area contributed by atoms with E-state index in [0.717, 1.165) is 19.6 Å². The predicted molar refractivity (Wildman–Crippen MR) is 118 cm³/mol. The molecule has 0 N–H and O–H groups in total. The quantitative estimate of drug-likeness (QED) is 0.185. The maximum absolute atomic E-state index is 12.6. The minimum absolute atomic E-state index is 0. The van der Waals surface area contributed by atoms with Crippen LogP contribution in [0.4, 0.5) is 0 Å². The number of halogens is 1. The van der Waals surface area contributed by atoms with Crippen LogP contribution >= 0.6 is 12.4 Å². The van der Waals surface area contributed by atoms with Gasteiger partial charge in [-0.2, -0.15) is 0 Å². The molecule has 1 aromatic heterocycles. The summed E-state index contributed by atoms with van der Waals surface area (Å²) in [4.78, 5) is 51.7. The minimum atomic E-state index is -0.729. The first kappa shape index (κ1) is 25.5. The van der Waals surface area contributed by atoms with Crippen LogP contribution < -0.4 is 0 Å². The van der Waals surface area contributed by atoms with Crippen molar-refractivity contribution in [2.45, 2.75) is 20.3 Å². The van der Waals surface area contributed by atoms with E-state index in [4.69, 9.17) is 13.9 Å². The van der Waals surface area contributed by atoms with Crippen molar-refractivity contribution in [3.8, 4) is 0 Å². The smallest absolute Gasteiger partial charge is 0.313 e. The van der Waals surface area contributed by atoms with E-state index in [1.807, 2.05) is 0 Å². The molecule has 0 fully saturated rings. The van der Waals surface area contributed by atoms with Crippen LogP contribution in [0.2, 0.25) is 0 Å². The number of esters is 1. The zero-order chi connectivity index (χ0) is 22.4. The van der Waals surface area contributed by atoms with Crippen LogP contribution in [0.3, 0.4) is 0 Å². The Labute approximate surface area is 192 Å². The first-order chi connectivity index (χ1) is 15.0. The topological polar surface area (TPSA) is 103 Å². The van der Waals surface area contributed by atoms with Crippen LogP contribution in [0.1, 0.15) is 62.9 Å². The molecule has 8 nitrogen and oxygen atoms in total. The summed E-state index contributed by atoms with van der Waals surface area (Å²) >= 11 is 0. The summed E-state index contributed by atoms with van der Waals surface area (Å²) < 4.78 is 15.8. The van der Waals surface area contributed by atoms with Crippen molar-refractivity contribution in [1.82, 2.24) is 4.90 Å². The lowest BCUT2D eigenvalue weighted by Gasteiger charge is -2.17. The lowest BCUT2D eigenvalue weighted by atomic mass is 9.88. The summed E-state index contributed by atoms with van der Waals surface area (Å²) in [7, 11) is 0. The molecule has 0 saturated heterocycles. The SMILES string of the molecule is CCN(CC)CCOCCOC(=O)CC(=O)c1cc2c(o1)C(=O)c1ccccc1C2=O.Cl. The van der Waals surface area contributed by atoms with E-state index < -0.39 is 29.7 Å². The molecule has 0 atom stereocenters. The van der Waals surface area contributed by atoms with E-state index >= 15 is 0 Å². The molecule has 1 aliphatic rings. The second-order valence-electron chi connectivity index (χ2n) is 7.02. The number of hydrogen-bond acceptors (Lipinski definition) is 8. The molecular formula is C23H26ClNO7. The van der Waals surface area contributed by atoms with Crippen molar-refractivity contribution in [2.24, 2.45) is 0 Å². The second kappa shape index (κ2) is 11.7. The average molecular weight is 464 g/mol. The largest absolute Gasteiger partial charge is 0.463 e. The highest BCUT2D eigenvalue weighted by Gasteiger charge is 2.34. The summed E-state index contributed by atoms with van der Waals surface area (Å²) in [5.74, 6) is -2.64. The molecule has 2 aromatic rings. The molecule has 1 aliphatic carbocycles. The van der Waals surface area contributed by atoms with Crippen LogP contribution in [0.25, 0.3) is 0 Å². The van der Waals surface area contributed by atoms with Gasteiger partial charge >= 0.3 is 5.97 Å². The number of furan rings is 1. The van der Waals surface area contributed by atoms with Crippen LogP contribution in [0.5, 0.6) is 0 Å². The van der Waals surface area contributed by atoms with E-state index in [-0.39, 0.29) is 53.8 Å². The van der Waals surface area contributed by atoms with Gasteiger partial charge in [-0.15, -0.1) is 12.4 Å². The van der Waals surface area contributed by atoms with Gasteiger partial charge in [0.05, 0.1) is 18.8 Å². The molecule has 0 saturated carbocycles. The predicted octanol–water partition coefficient (Wildman–Crippen LogP) is 2.95. The zero-order valence-corrected chi connectivity index (χ0v) is 18.9. The molecule has 0 spiro atoms. The molecule has 9 heteroatoms. The van der Waals surface area contributed by atoms with E-state index in [9.17, 15) is 19.2 Å². The molecule has 0 amide bonds. The number of carbonyl (C=O) groups is 4. The zero-order valence-electron chi connectivity index (χ0n) is 18.0. The van der Waals surface area contributed by atoms with Gasteiger partial charge in [0.2, 0.25) is 11.6 Å². The molecular weight excluding hydrogens is 438 g/mol.